The van der Waals surface area contributed by atoms with Crippen LogP contribution >= 0.6 is 0 Å². The van der Waals surface area contributed by atoms with Crippen LogP contribution < -0.4 is 0 Å². The van der Waals surface area contributed by atoms with Gasteiger partial charge in [-0.05, 0) is 30.0 Å². The number of hydrogen-bond acceptors (Lipinski definition) is 2. The smallest absolute Gasteiger partial charge is 0.119 e. The van der Waals surface area contributed by atoms with Crippen molar-refractivity contribution in [1.82, 2.24) is 0 Å². The Bertz CT molecular complexity index is 282. The maximum atomic E-state index is 9.59. The first-order chi connectivity index (χ1) is 6.77. The zero-order valence-corrected chi connectivity index (χ0v) is 8.92. The predicted octanol–water partition coefficient (Wildman–Crippen LogP) is 2.88. The summed E-state index contributed by atoms with van der Waals surface area (Å²) in [4.78, 5) is 0. The molecule has 2 heteroatoms. The highest BCUT2D eigenvalue weighted by Gasteiger charge is 2.00. The van der Waals surface area contributed by atoms with E-state index in [4.69, 9.17) is 4.74 Å². The second-order valence-corrected chi connectivity index (χ2v) is 3.37. The molecule has 1 N–H and O–H groups in total. The third-order valence-corrected chi connectivity index (χ3v) is 2.15. The Morgan fingerprint density at radius 1 is 1.29 bits per heavy atom. The molecule has 1 aromatic rings. The van der Waals surface area contributed by atoms with Crippen molar-refractivity contribution >= 4 is 0 Å². The number of phenols is 1. The first kappa shape index (κ1) is 11.1. The zero-order valence-electron chi connectivity index (χ0n) is 8.92. The summed E-state index contributed by atoms with van der Waals surface area (Å²) in [6.07, 6.45) is 1.89. The zero-order chi connectivity index (χ0) is 10.4. The third-order valence-electron chi connectivity index (χ3n) is 2.15. The summed E-state index contributed by atoms with van der Waals surface area (Å²) >= 11 is 0. The van der Waals surface area contributed by atoms with E-state index in [9.17, 15) is 5.11 Å². The quantitative estimate of drug-likeness (QED) is 0.730. The Kier molecular flexibility index (Phi) is 4.47. The van der Waals surface area contributed by atoms with Gasteiger partial charge in [0.25, 0.3) is 0 Å². The molecule has 0 bridgehead atoms. The number of ether oxygens (including phenoxy) is 1. The highest BCUT2D eigenvalue weighted by molar-refractivity contribution is 5.36. The molecule has 0 aliphatic heterocycles. The minimum atomic E-state index is 0.380. The van der Waals surface area contributed by atoms with Crippen LogP contribution in [-0.4, -0.2) is 11.7 Å². The van der Waals surface area contributed by atoms with E-state index in [1.165, 1.54) is 0 Å². The number of aryl methyl sites for hydroxylation is 1. The maximum absolute atomic E-state index is 9.59. The summed E-state index contributed by atoms with van der Waals surface area (Å²) in [5.74, 6) is 0.380. The monoisotopic (exact) mass is 194 g/mol. The Morgan fingerprint density at radius 2 is 2.07 bits per heavy atom. The van der Waals surface area contributed by atoms with Gasteiger partial charge in [-0.25, -0.2) is 0 Å². The summed E-state index contributed by atoms with van der Waals surface area (Å²) in [6, 6.07) is 5.75. The molecule has 0 saturated heterocycles. The van der Waals surface area contributed by atoms with Crippen LogP contribution in [-0.2, 0) is 17.8 Å². The lowest BCUT2D eigenvalue weighted by Gasteiger charge is -2.06. The number of phenolic OH excluding ortho intramolecular Hbond substituents is 1. The van der Waals surface area contributed by atoms with E-state index in [2.05, 4.69) is 6.92 Å². The van der Waals surface area contributed by atoms with Crippen molar-refractivity contribution < 1.29 is 9.84 Å². The van der Waals surface area contributed by atoms with E-state index in [0.717, 1.165) is 30.6 Å². The Balaban J connectivity index is 2.57. The fraction of sp³-hybridized carbons (Fsp3) is 0.500. The number of aromatic hydroxyl groups is 1. The molecule has 78 valence electrons. The van der Waals surface area contributed by atoms with Gasteiger partial charge in [-0.15, -0.1) is 0 Å². The largest absolute Gasteiger partial charge is 0.508 e. The number of rotatable bonds is 5. The van der Waals surface area contributed by atoms with E-state index in [1.807, 2.05) is 19.1 Å². The van der Waals surface area contributed by atoms with Crippen LogP contribution in [0, 0.1) is 0 Å². The van der Waals surface area contributed by atoms with Gasteiger partial charge < -0.3 is 9.84 Å². The minimum Gasteiger partial charge on any atom is -0.508 e. The van der Waals surface area contributed by atoms with Crippen molar-refractivity contribution in [1.29, 1.82) is 0 Å². The number of hydrogen-bond donors (Lipinski definition) is 1. The van der Waals surface area contributed by atoms with Gasteiger partial charge in [0.05, 0.1) is 6.61 Å². The Labute approximate surface area is 85.5 Å². The van der Waals surface area contributed by atoms with E-state index in [1.54, 1.807) is 6.07 Å². The maximum Gasteiger partial charge on any atom is 0.119 e. The van der Waals surface area contributed by atoms with Gasteiger partial charge in [0.15, 0.2) is 0 Å². The standard InChI is InChI=1S/C12H18O2/c1-3-7-14-9-10-5-6-11(4-2)12(13)8-10/h5-6,8,13H,3-4,7,9H2,1-2H3. The molecule has 0 aliphatic carbocycles. The van der Waals surface area contributed by atoms with E-state index in [0.29, 0.717) is 12.4 Å². The molecule has 0 heterocycles. The average molecular weight is 194 g/mol. The summed E-state index contributed by atoms with van der Waals surface area (Å²) in [5, 5.41) is 9.59. The van der Waals surface area contributed by atoms with Crippen LogP contribution in [0.4, 0.5) is 0 Å². The molecule has 0 fully saturated rings. The first-order valence-corrected chi connectivity index (χ1v) is 5.16. The van der Waals surface area contributed by atoms with Gasteiger partial charge in [0.2, 0.25) is 0 Å². The fourth-order valence-corrected chi connectivity index (χ4v) is 1.33. The third kappa shape index (κ3) is 3.04. The molecule has 0 amide bonds. The van der Waals surface area contributed by atoms with Gasteiger partial charge in [0, 0.05) is 6.61 Å². The molecule has 2 nitrogen and oxygen atoms in total. The normalized spacial score (nSPS) is 10.4. The van der Waals surface area contributed by atoms with Crippen molar-refractivity contribution in [3.05, 3.63) is 29.3 Å². The van der Waals surface area contributed by atoms with Crippen molar-refractivity contribution in [3.8, 4) is 5.75 Å². The average Bonchev–Trinajstić information content (AvgIpc) is 2.18. The molecule has 0 aliphatic rings. The fourth-order valence-electron chi connectivity index (χ4n) is 1.33. The summed E-state index contributed by atoms with van der Waals surface area (Å²) < 4.78 is 5.39. The molecule has 0 atom stereocenters. The Hall–Kier alpha value is -1.02. The highest BCUT2D eigenvalue weighted by Crippen LogP contribution is 2.19. The predicted molar refractivity (Wildman–Crippen MR) is 57.4 cm³/mol. The van der Waals surface area contributed by atoms with Crippen LogP contribution in [0.2, 0.25) is 0 Å². The van der Waals surface area contributed by atoms with E-state index in [-0.39, 0.29) is 0 Å². The van der Waals surface area contributed by atoms with Gasteiger partial charge in [0.1, 0.15) is 5.75 Å². The lowest BCUT2D eigenvalue weighted by atomic mass is 10.1. The molecule has 0 radical (unpaired) electrons. The second kappa shape index (κ2) is 5.66. The van der Waals surface area contributed by atoms with Gasteiger partial charge in [-0.3, -0.25) is 0 Å². The molecule has 0 saturated carbocycles. The van der Waals surface area contributed by atoms with E-state index >= 15 is 0 Å². The molecular formula is C12H18O2. The molecule has 14 heavy (non-hydrogen) atoms. The molecular weight excluding hydrogens is 176 g/mol. The molecule has 1 aromatic carbocycles. The summed E-state index contributed by atoms with van der Waals surface area (Å²) in [5.41, 5.74) is 2.03. The van der Waals surface area contributed by atoms with Crippen molar-refractivity contribution in [3.63, 3.8) is 0 Å². The van der Waals surface area contributed by atoms with Crippen LogP contribution in [0.3, 0.4) is 0 Å². The van der Waals surface area contributed by atoms with Crippen molar-refractivity contribution in [2.75, 3.05) is 6.61 Å². The van der Waals surface area contributed by atoms with E-state index < -0.39 is 0 Å². The molecule has 0 spiro atoms. The lowest BCUT2D eigenvalue weighted by molar-refractivity contribution is 0.121. The van der Waals surface area contributed by atoms with Crippen LogP contribution in [0.25, 0.3) is 0 Å². The minimum absolute atomic E-state index is 0.380. The summed E-state index contributed by atoms with van der Waals surface area (Å²) in [7, 11) is 0. The lowest BCUT2D eigenvalue weighted by Crippen LogP contribution is -1.94. The molecule has 0 unspecified atom stereocenters. The number of benzene rings is 1. The van der Waals surface area contributed by atoms with Crippen molar-refractivity contribution in [2.24, 2.45) is 0 Å². The highest BCUT2D eigenvalue weighted by atomic mass is 16.5. The van der Waals surface area contributed by atoms with Crippen LogP contribution in [0.1, 0.15) is 31.4 Å². The molecule has 1 rings (SSSR count). The van der Waals surface area contributed by atoms with Gasteiger partial charge in [-0.2, -0.15) is 0 Å². The Morgan fingerprint density at radius 3 is 2.64 bits per heavy atom. The topological polar surface area (TPSA) is 29.5 Å². The van der Waals surface area contributed by atoms with Crippen LogP contribution in [0.5, 0.6) is 5.75 Å². The van der Waals surface area contributed by atoms with Crippen LogP contribution in [0.15, 0.2) is 18.2 Å². The summed E-state index contributed by atoms with van der Waals surface area (Å²) in [6.45, 7) is 5.47. The van der Waals surface area contributed by atoms with Gasteiger partial charge >= 0.3 is 0 Å². The molecule has 0 aromatic heterocycles. The first-order valence-electron chi connectivity index (χ1n) is 5.16. The second-order valence-electron chi connectivity index (χ2n) is 3.37. The van der Waals surface area contributed by atoms with Crippen molar-refractivity contribution in [2.45, 2.75) is 33.3 Å². The SMILES string of the molecule is CCCOCc1ccc(CC)c(O)c1. The van der Waals surface area contributed by atoms with Gasteiger partial charge in [-0.1, -0.05) is 26.0 Å².